The standard InChI is InChI=1S/C28H33N5O3/c1-36-24-11-9-22(10-12-24)25-19-26-32(27(34)13-17-33(26)30-25)20-21-5-7-23(8-6-21)28(35)29-14-18-31-15-3-2-4-16-31/h5-12,19H,2-4,13-18,20H2,1H3,(H,29,35). The number of methoxy groups -OCH3 is 1. The maximum atomic E-state index is 12.8. The molecule has 2 aliphatic rings. The zero-order valence-electron chi connectivity index (χ0n) is 20.8. The van der Waals surface area contributed by atoms with E-state index in [1.165, 1.54) is 19.3 Å². The highest BCUT2D eigenvalue weighted by Gasteiger charge is 2.26. The van der Waals surface area contributed by atoms with E-state index in [9.17, 15) is 9.59 Å². The Hall–Kier alpha value is -3.65. The molecule has 2 aromatic carbocycles. The minimum Gasteiger partial charge on any atom is -0.497 e. The molecule has 3 heterocycles. The zero-order chi connectivity index (χ0) is 24.9. The van der Waals surface area contributed by atoms with Crippen LogP contribution in [0.4, 0.5) is 5.82 Å². The lowest BCUT2D eigenvalue weighted by molar-refractivity contribution is -0.119. The molecule has 1 saturated heterocycles. The molecule has 8 nitrogen and oxygen atoms in total. The second kappa shape index (κ2) is 11.0. The Kier molecular flexibility index (Phi) is 7.32. The van der Waals surface area contributed by atoms with Gasteiger partial charge in [0.2, 0.25) is 5.91 Å². The molecule has 8 heteroatoms. The number of nitrogens with one attached hydrogen (secondary N) is 1. The fourth-order valence-corrected chi connectivity index (χ4v) is 4.88. The highest BCUT2D eigenvalue weighted by Crippen LogP contribution is 2.30. The number of fused-ring (bicyclic) bond motifs is 1. The van der Waals surface area contributed by atoms with Crippen LogP contribution in [-0.4, -0.2) is 59.8 Å². The van der Waals surface area contributed by atoms with E-state index in [2.05, 4.69) is 10.2 Å². The first-order valence-corrected chi connectivity index (χ1v) is 12.7. The van der Waals surface area contributed by atoms with E-state index in [0.717, 1.165) is 48.0 Å². The number of hydrogen-bond donors (Lipinski definition) is 1. The van der Waals surface area contributed by atoms with Gasteiger partial charge in [0.25, 0.3) is 5.91 Å². The molecule has 1 fully saturated rings. The topological polar surface area (TPSA) is 79.7 Å². The zero-order valence-corrected chi connectivity index (χ0v) is 20.8. The number of ether oxygens (including phenoxy) is 1. The summed E-state index contributed by atoms with van der Waals surface area (Å²) in [6.45, 7) is 4.80. The summed E-state index contributed by atoms with van der Waals surface area (Å²) in [6.07, 6.45) is 4.22. The molecule has 0 unspecified atom stereocenters. The summed E-state index contributed by atoms with van der Waals surface area (Å²) in [5, 5.41) is 7.76. The third-order valence-corrected chi connectivity index (χ3v) is 6.98. The van der Waals surface area contributed by atoms with Gasteiger partial charge in [0.05, 0.1) is 25.9 Å². The average molecular weight is 488 g/mol. The molecule has 188 valence electrons. The predicted octanol–water partition coefficient (Wildman–Crippen LogP) is 3.71. The van der Waals surface area contributed by atoms with Crippen molar-refractivity contribution in [2.45, 2.75) is 38.8 Å². The molecule has 0 atom stereocenters. The Morgan fingerprint density at radius 2 is 1.75 bits per heavy atom. The summed E-state index contributed by atoms with van der Waals surface area (Å²) in [6, 6.07) is 17.2. The Labute approximate surface area is 211 Å². The molecule has 2 amide bonds. The molecular weight excluding hydrogens is 454 g/mol. The maximum Gasteiger partial charge on any atom is 0.251 e. The third kappa shape index (κ3) is 5.44. The van der Waals surface area contributed by atoms with Crippen molar-refractivity contribution < 1.29 is 14.3 Å². The van der Waals surface area contributed by atoms with Crippen LogP contribution in [0.3, 0.4) is 0 Å². The highest BCUT2D eigenvalue weighted by molar-refractivity contribution is 5.95. The van der Waals surface area contributed by atoms with Crippen molar-refractivity contribution in [1.82, 2.24) is 20.0 Å². The van der Waals surface area contributed by atoms with Crippen molar-refractivity contribution in [3.8, 4) is 17.0 Å². The van der Waals surface area contributed by atoms with Gasteiger partial charge in [0, 0.05) is 36.7 Å². The van der Waals surface area contributed by atoms with Crippen LogP contribution in [0.2, 0.25) is 0 Å². The molecule has 1 N–H and O–H groups in total. The summed E-state index contributed by atoms with van der Waals surface area (Å²) < 4.78 is 7.14. The van der Waals surface area contributed by atoms with Crippen LogP contribution in [0.1, 0.15) is 41.6 Å². The minimum atomic E-state index is -0.0604. The monoisotopic (exact) mass is 487 g/mol. The van der Waals surface area contributed by atoms with E-state index in [4.69, 9.17) is 9.84 Å². The first kappa shape index (κ1) is 24.1. The van der Waals surface area contributed by atoms with Gasteiger partial charge in [-0.25, -0.2) is 4.68 Å². The van der Waals surface area contributed by atoms with E-state index in [0.29, 0.717) is 31.6 Å². The predicted molar refractivity (Wildman–Crippen MR) is 139 cm³/mol. The number of carbonyl (C=O) groups is 2. The second-order valence-electron chi connectivity index (χ2n) is 9.42. The van der Waals surface area contributed by atoms with Gasteiger partial charge in [0.15, 0.2) is 0 Å². The number of aryl methyl sites for hydroxylation is 1. The van der Waals surface area contributed by atoms with Crippen molar-refractivity contribution in [3.05, 3.63) is 65.7 Å². The van der Waals surface area contributed by atoms with Crippen LogP contribution in [-0.2, 0) is 17.9 Å². The Bertz CT molecular complexity index is 1200. The summed E-state index contributed by atoms with van der Waals surface area (Å²) in [4.78, 5) is 29.6. The maximum absolute atomic E-state index is 12.8. The van der Waals surface area contributed by atoms with Crippen LogP contribution in [0.5, 0.6) is 5.75 Å². The van der Waals surface area contributed by atoms with Gasteiger partial charge >= 0.3 is 0 Å². The van der Waals surface area contributed by atoms with Gasteiger partial charge in [-0.15, -0.1) is 0 Å². The van der Waals surface area contributed by atoms with Crippen molar-refractivity contribution in [1.29, 1.82) is 0 Å². The lowest BCUT2D eigenvalue weighted by atomic mass is 10.1. The lowest BCUT2D eigenvalue weighted by Crippen LogP contribution is -2.37. The molecular formula is C28H33N5O3. The van der Waals surface area contributed by atoms with E-state index in [1.807, 2.05) is 59.3 Å². The van der Waals surface area contributed by atoms with E-state index in [-0.39, 0.29) is 11.8 Å². The van der Waals surface area contributed by atoms with Gasteiger partial charge in [-0.05, 0) is 67.9 Å². The lowest BCUT2D eigenvalue weighted by Gasteiger charge is -2.27. The van der Waals surface area contributed by atoms with Gasteiger partial charge in [-0.1, -0.05) is 18.6 Å². The van der Waals surface area contributed by atoms with Gasteiger partial charge in [0.1, 0.15) is 11.6 Å². The number of hydrogen-bond acceptors (Lipinski definition) is 5. The SMILES string of the molecule is COc1ccc(-c2cc3n(n2)CCC(=O)N3Cc2ccc(C(=O)NCCN3CCCCC3)cc2)cc1. The molecule has 0 spiro atoms. The number of likely N-dealkylation sites (tertiary alicyclic amines) is 1. The van der Waals surface area contributed by atoms with Crippen LogP contribution >= 0.6 is 0 Å². The Balaban J connectivity index is 1.22. The summed E-state index contributed by atoms with van der Waals surface area (Å²) in [5.41, 5.74) is 3.40. The number of rotatable bonds is 8. The molecule has 36 heavy (non-hydrogen) atoms. The van der Waals surface area contributed by atoms with Crippen LogP contribution in [0.15, 0.2) is 54.6 Å². The molecule has 0 radical (unpaired) electrons. The molecule has 3 aromatic rings. The molecule has 5 rings (SSSR count). The van der Waals surface area contributed by atoms with Crippen LogP contribution < -0.4 is 15.0 Å². The first-order valence-electron chi connectivity index (χ1n) is 12.7. The van der Waals surface area contributed by atoms with Gasteiger partial charge in [-0.3, -0.25) is 14.5 Å². The number of aromatic nitrogens is 2. The molecule has 0 bridgehead atoms. The number of benzene rings is 2. The molecule has 1 aromatic heterocycles. The van der Waals surface area contributed by atoms with Crippen LogP contribution in [0.25, 0.3) is 11.3 Å². The third-order valence-electron chi connectivity index (χ3n) is 6.98. The summed E-state index contributed by atoms with van der Waals surface area (Å²) >= 11 is 0. The highest BCUT2D eigenvalue weighted by atomic mass is 16.5. The number of nitrogens with zero attached hydrogens (tertiary/aromatic N) is 4. The Morgan fingerprint density at radius 1 is 1.00 bits per heavy atom. The van der Waals surface area contributed by atoms with Gasteiger partial charge < -0.3 is 15.0 Å². The summed E-state index contributed by atoms with van der Waals surface area (Å²) in [5.74, 6) is 1.59. The van der Waals surface area contributed by atoms with Crippen molar-refractivity contribution in [2.75, 3.05) is 38.2 Å². The van der Waals surface area contributed by atoms with E-state index >= 15 is 0 Å². The second-order valence-corrected chi connectivity index (χ2v) is 9.42. The fraction of sp³-hybridized carbons (Fsp3) is 0.393. The minimum absolute atomic E-state index is 0.0604. The molecule has 2 aliphatic heterocycles. The van der Waals surface area contributed by atoms with Gasteiger partial charge in [-0.2, -0.15) is 5.10 Å². The van der Waals surface area contributed by atoms with Crippen molar-refractivity contribution in [2.24, 2.45) is 0 Å². The number of piperidine rings is 1. The van der Waals surface area contributed by atoms with E-state index < -0.39 is 0 Å². The summed E-state index contributed by atoms with van der Waals surface area (Å²) in [7, 11) is 1.64. The molecule has 0 aliphatic carbocycles. The van der Waals surface area contributed by atoms with E-state index in [1.54, 1.807) is 12.0 Å². The van der Waals surface area contributed by atoms with Crippen molar-refractivity contribution in [3.63, 3.8) is 0 Å². The van der Waals surface area contributed by atoms with Crippen LogP contribution in [0, 0.1) is 0 Å². The number of amides is 2. The first-order chi connectivity index (χ1) is 17.6. The number of anilines is 1. The van der Waals surface area contributed by atoms with Crippen molar-refractivity contribution >= 4 is 17.6 Å². The smallest absolute Gasteiger partial charge is 0.251 e. The fourth-order valence-electron chi connectivity index (χ4n) is 4.88. The number of carbonyl (C=O) groups excluding carboxylic acids is 2. The molecule has 0 saturated carbocycles. The Morgan fingerprint density at radius 3 is 2.47 bits per heavy atom. The normalized spacial score (nSPS) is 16.0. The largest absolute Gasteiger partial charge is 0.497 e. The average Bonchev–Trinajstić information content (AvgIpc) is 3.36. The quantitative estimate of drug-likeness (QED) is 0.524.